The van der Waals surface area contributed by atoms with Gasteiger partial charge in [0, 0.05) is 18.8 Å². The average Bonchev–Trinajstić information content (AvgIpc) is 2.26. The SMILES string of the molecule is CCS(=O)(=O)C1CN(C(=O)c2c(F)cccc2F)C1. The summed E-state index contributed by atoms with van der Waals surface area (Å²) < 4.78 is 49.9. The summed E-state index contributed by atoms with van der Waals surface area (Å²) in [5, 5.41) is -0.628. The number of likely N-dealkylation sites (tertiary alicyclic amines) is 1. The number of halogens is 2. The van der Waals surface area contributed by atoms with Crippen molar-refractivity contribution in [3.63, 3.8) is 0 Å². The molecule has 19 heavy (non-hydrogen) atoms. The van der Waals surface area contributed by atoms with Crippen molar-refractivity contribution in [1.82, 2.24) is 4.90 Å². The van der Waals surface area contributed by atoms with Crippen molar-refractivity contribution < 1.29 is 22.0 Å². The molecule has 4 nitrogen and oxygen atoms in total. The van der Waals surface area contributed by atoms with E-state index in [0.29, 0.717) is 0 Å². The highest BCUT2D eigenvalue weighted by molar-refractivity contribution is 7.92. The highest BCUT2D eigenvalue weighted by atomic mass is 32.2. The van der Waals surface area contributed by atoms with Gasteiger partial charge in [-0.05, 0) is 12.1 Å². The molecule has 0 N–H and O–H groups in total. The Balaban J connectivity index is 2.13. The second-order valence-electron chi connectivity index (χ2n) is 4.38. The Morgan fingerprint density at radius 2 is 1.84 bits per heavy atom. The predicted octanol–water partition coefficient (Wildman–Crippen LogP) is 1.22. The fourth-order valence-corrected chi connectivity index (χ4v) is 3.21. The number of rotatable bonds is 3. The Kier molecular flexibility index (Phi) is 3.58. The van der Waals surface area contributed by atoms with Crippen LogP contribution in [-0.2, 0) is 9.84 Å². The van der Waals surface area contributed by atoms with Gasteiger partial charge in [0.2, 0.25) is 0 Å². The third kappa shape index (κ3) is 2.47. The van der Waals surface area contributed by atoms with E-state index in [9.17, 15) is 22.0 Å². The van der Waals surface area contributed by atoms with Gasteiger partial charge in [0.25, 0.3) is 5.91 Å². The molecular weight excluding hydrogens is 276 g/mol. The Morgan fingerprint density at radius 3 is 2.32 bits per heavy atom. The molecule has 1 aromatic rings. The molecular formula is C12H13F2NO3S. The number of amides is 1. The van der Waals surface area contributed by atoms with Crippen molar-refractivity contribution in [1.29, 1.82) is 0 Å². The fraction of sp³-hybridized carbons (Fsp3) is 0.417. The quantitative estimate of drug-likeness (QED) is 0.841. The van der Waals surface area contributed by atoms with E-state index < -0.39 is 38.2 Å². The van der Waals surface area contributed by atoms with Gasteiger partial charge in [0.1, 0.15) is 17.2 Å². The Labute approximate surface area is 109 Å². The Hall–Kier alpha value is -1.50. The minimum atomic E-state index is -3.21. The number of hydrogen-bond donors (Lipinski definition) is 0. The van der Waals surface area contributed by atoms with Crippen LogP contribution in [0, 0.1) is 11.6 Å². The molecule has 0 atom stereocenters. The topological polar surface area (TPSA) is 54.5 Å². The van der Waals surface area contributed by atoms with Crippen LogP contribution in [-0.4, -0.2) is 43.3 Å². The van der Waals surface area contributed by atoms with Gasteiger partial charge in [-0.2, -0.15) is 0 Å². The van der Waals surface area contributed by atoms with Gasteiger partial charge >= 0.3 is 0 Å². The number of benzene rings is 1. The van der Waals surface area contributed by atoms with Crippen LogP contribution in [0.25, 0.3) is 0 Å². The molecule has 2 rings (SSSR count). The first-order valence-corrected chi connectivity index (χ1v) is 7.53. The van der Waals surface area contributed by atoms with E-state index >= 15 is 0 Å². The molecule has 1 aliphatic heterocycles. The lowest BCUT2D eigenvalue weighted by molar-refractivity contribution is 0.0649. The summed E-state index contributed by atoms with van der Waals surface area (Å²) in [7, 11) is -3.21. The molecule has 1 heterocycles. The van der Waals surface area contributed by atoms with Gasteiger partial charge in [-0.15, -0.1) is 0 Å². The lowest BCUT2D eigenvalue weighted by Gasteiger charge is -2.38. The molecule has 0 spiro atoms. The summed E-state index contributed by atoms with van der Waals surface area (Å²) in [6, 6.07) is 3.16. The van der Waals surface area contributed by atoms with Crippen molar-refractivity contribution in [3.8, 4) is 0 Å². The first kappa shape index (κ1) is 13.9. The second kappa shape index (κ2) is 4.88. The number of nitrogens with zero attached hydrogens (tertiary/aromatic N) is 1. The number of hydrogen-bond acceptors (Lipinski definition) is 3. The van der Waals surface area contributed by atoms with E-state index in [2.05, 4.69) is 0 Å². The Bertz CT molecular complexity index is 589. The van der Waals surface area contributed by atoms with Gasteiger partial charge in [0.05, 0.1) is 5.25 Å². The van der Waals surface area contributed by atoms with Gasteiger partial charge < -0.3 is 4.90 Å². The first-order valence-electron chi connectivity index (χ1n) is 5.81. The zero-order valence-corrected chi connectivity index (χ0v) is 11.1. The molecule has 0 radical (unpaired) electrons. The lowest BCUT2D eigenvalue weighted by Crippen LogP contribution is -2.57. The van der Waals surface area contributed by atoms with E-state index in [1.54, 1.807) is 0 Å². The number of carbonyl (C=O) groups is 1. The van der Waals surface area contributed by atoms with Crippen molar-refractivity contribution in [2.45, 2.75) is 12.2 Å². The van der Waals surface area contributed by atoms with Crippen molar-refractivity contribution in [3.05, 3.63) is 35.4 Å². The van der Waals surface area contributed by atoms with Gasteiger partial charge in [-0.1, -0.05) is 13.0 Å². The maximum atomic E-state index is 13.4. The average molecular weight is 289 g/mol. The van der Waals surface area contributed by atoms with Gasteiger partial charge in [0.15, 0.2) is 9.84 Å². The Morgan fingerprint density at radius 1 is 1.32 bits per heavy atom. The van der Waals surface area contributed by atoms with Crippen LogP contribution >= 0.6 is 0 Å². The third-order valence-corrected chi connectivity index (χ3v) is 5.34. The predicted molar refractivity (Wildman–Crippen MR) is 65.5 cm³/mol. The van der Waals surface area contributed by atoms with Crippen LogP contribution in [0.2, 0.25) is 0 Å². The van der Waals surface area contributed by atoms with Crippen molar-refractivity contribution in [2.75, 3.05) is 18.8 Å². The van der Waals surface area contributed by atoms with Crippen LogP contribution in [0.1, 0.15) is 17.3 Å². The van der Waals surface area contributed by atoms with Crippen LogP contribution < -0.4 is 0 Å². The van der Waals surface area contributed by atoms with Crippen LogP contribution in [0.15, 0.2) is 18.2 Å². The summed E-state index contributed by atoms with van der Waals surface area (Å²) in [6.07, 6.45) is 0. The molecule has 1 aromatic carbocycles. The summed E-state index contributed by atoms with van der Waals surface area (Å²) in [5.74, 6) is -2.69. The zero-order valence-electron chi connectivity index (χ0n) is 10.3. The number of sulfone groups is 1. The second-order valence-corrected chi connectivity index (χ2v) is 6.95. The first-order chi connectivity index (χ1) is 8.86. The van der Waals surface area contributed by atoms with Crippen molar-refractivity contribution >= 4 is 15.7 Å². The monoisotopic (exact) mass is 289 g/mol. The summed E-state index contributed by atoms with van der Waals surface area (Å²) in [5.41, 5.74) is -0.630. The fourth-order valence-electron chi connectivity index (χ4n) is 1.93. The van der Waals surface area contributed by atoms with Gasteiger partial charge in [-0.25, -0.2) is 17.2 Å². The number of carbonyl (C=O) groups excluding carboxylic acids is 1. The van der Waals surface area contributed by atoms with Crippen LogP contribution in [0.3, 0.4) is 0 Å². The molecule has 104 valence electrons. The molecule has 1 aliphatic rings. The normalized spacial score (nSPS) is 16.3. The molecule has 0 aliphatic carbocycles. The minimum Gasteiger partial charge on any atom is -0.336 e. The maximum Gasteiger partial charge on any atom is 0.259 e. The van der Waals surface area contributed by atoms with Crippen LogP contribution in [0.4, 0.5) is 8.78 Å². The maximum absolute atomic E-state index is 13.4. The highest BCUT2D eigenvalue weighted by Crippen LogP contribution is 2.22. The molecule has 1 amide bonds. The van der Waals surface area contributed by atoms with E-state index in [1.807, 2.05) is 0 Å². The van der Waals surface area contributed by atoms with E-state index in [0.717, 1.165) is 17.0 Å². The molecule has 1 fully saturated rings. The summed E-state index contributed by atoms with van der Waals surface area (Å²) in [6.45, 7) is 1.50. The molecule has 7 heteroatoms. The van der Waals surface area contributed by atoms with Crippen LogP contribution in [0.5, 0.6) is 0 Å². The third-order valence-electron chi connectivity index (χ3n) is 3.22. The summed E-state index contributed by atoms with van der Waals surface area (Å²) >= 11 is 0. The molecule has 0 aromatic heterocycles. The molecule has 1 saturated heterocycles. The molecule has 0 unspecified atom stereocenters. The van der Waals surface area contributed by atoms with E-state index in [1.165, 1.54) is 13.0 Å². The largest absolute Gasteiger partial charge is 0.336 e. The minimum absolute atomic E-state index is 0.00619. The lowest BCUT2D eigenvalue weighted by atomic mass is 10.1. The van der Waals surface area contributed by atoms with Crippen molar-refractivity contribution in [2.24, 2.45) is 0 Å². The van der Waals surface area contributed by atoms with E-state index in [-0.39, 0.29) is 18.8 Å². The summed E-state index contributed by atoms with van der Waals surface area (Å²) in [4.78, 5) is 13.0. The zero-order chi connectivity index (χ0) is 14.2. The van der Waals surface area contributed by atoms with Gasteiger partial charge in [-0.3, -0.25) is 4.79 Å². The smallest absolute Gasteiger partial charge is 0.259 e. The highest BCUT2D eigenvalue weighted by Gasteiger charge is 2.40. The molecule has 0 saturated carbocycles. The standard InChI is InChI=1S/C12H13F2NO3S/c1-2-19(17,18)8-6-15(7-8)12(16)11-9(13)4-3-5-10(11)14/h3-5,8H,2,6-7H2,1H3. The molecule has 0 bridgehead atoms. The van der Waals surface area contributed by atoms with E-state index in [4.69, 9.17) is 0 Å².